The zero-order chi connectivity index (χ0) is 13.7. The second kappa shape index (κ2) is 6.82. The molecule has 1 aliphatic heterocycles. The van der Waals surface area contributed by atoms with E-state index >= 15 is 0 Å². The quantitative estimate of drug-likeness (QED) is 0.835. The summed E-state index contributed by atoms with van der Waals surface area (Å²) in [6.07, 6.45) is 3.99. The van der Waals surface area contributed by atoms with Gasteiger partial charge in [0.15, 0.2) is 0 Å². The third-order valence-electron chi connectivity index (χ3n) is 3.09. The molecule has 0 bridgehead atoms. The molecular formula is C14H16BrFN2O. The summed E-state index contributed by atoms with van der Waals surface area (Å²) in [4.78, 5) is 11.9. The van der Waals surface area contributed by atoms with E-state index in [1.54, 1.807) is 12.1 Å². The van der Waals surface area contributed by atoms with Crippen molar-refractivity contribution < 1.29 is 9.18 Å². The van der Waals surface area contributed by atoms with Crippen LogP contribution in [0.1, 0.15) is 23.2 Å². The Morgan fingerprint density at radius 3 is 3.05 bits per heavy atom. The molecular weight excluding hydrogens is 311 g/mol. The number of amides is 1. The van der Waals surface area contributed by atoms with E-state index < -0.39 is 5.82 Å². The molecule has 1 aliphatic rings. The number of rotatable bonds is 4. The Bertz CT molecular complexity index is 502. The average molecular weight is 327 g/mol. The van der Waals surface area contributed by atoms with Crippen LogP contribution in [0.25, 0.3) is 0 Å². The number of hydrogen-bond donors (Lipinski definition) is 2. The Hall–Kier alpha value is -1.20. The summed E-state index contributed by atoms with van der Waals surface area (Å²) >= 11 is 3.07. The Morgan fingerprint density at radius 1 is 1.47 bits per heavy atom. The largest absolute Gasteiger partial charge is 0.352 e. The van der Waals surface area contributed by atoms with Crippen molar-refractivity contribution in [1.82, 2.24) is 10.6 Å². The van der Waals surface area contributed by atoms with Gasteiger partial charge in [-0.1, -0.05) is 17.7 Å². The smallest absolute Gasteiger partial charge is 0.254 e. The predicted octanol–water partition coefficient (Wildman–Crippen LogP) is 2.63. The topological polar surface area (TPSA) is 41.1 Å². The number of carbonyl (C=O) groups excluding carboxylic acids is 1. The van der Waals surface area contributed by atoms with Crippen molar-refractivity contribution in [2.24, 2.45) is 0 Å². The molecule has 0 atom stereocenters. The summed E-state index contributed by atoms with van der Waals surface area (Å²) in [6, 6.07) is 4.71. The SMILES string of the molecule is O=C(NCCC1=CCNCC1)c1cccc(Br)c1F. The zero-order valence-electron chi connectivity index (χ0n) is 10.5. The number of hydrogen-bond acceptors (Lipinski definition) is 2. The molecule has 2 rings (SSSR count). The first-order valence-electron chi connectivity index (χ1n) is 6.29. The third kappa shape index (κ3) is 3.88. The Morgan fingerprint density at radius 2 is 2.32 bits per heavy atom. The molecule has 5 heteroatoms. The van der Waals surface area contributed by atoms with E-state index in [1.165, 1.54) is 11.6 Å². The molecule has 1 amide bonds. The van der Waals surface area contributed by atoms with Gasteiger partial charge in [-0.3, -0.25) is 4.79 Å². The fourth-order valence-electron chi connectivity index (χ4n) is 2.01. The molecule has 0 unspecified atom stereocenters. The molecule has 0 aromatic heterocycles. The highest BCUT2D eigenvalue weighted by atomic mass is 79.9. The third-order valence-corrected chi connectivity index (χ3v) is 3.70. The minimum atomic E-state index is -0.513. The minimum absolute atomic E-state index is 0.0775. The number of nitrogens with one attached hydrogen (secondary N) is 2. The molecule has 0 saturated carbocycles. The van der Waals surface area contributed by atoms with Gasteiger partial charge in [-0.2, -0.15) is 0 Å². The molecule has 1 heterocycles. The summed E-state index contributed by atoms with van der Waals surface area (Å²) < 4.78 is 14.0. The van der Waals surface area contributed by atoms with Gasteiger partial charge in [-0.05, 0) is 47.4 Å². The molecule has 0 saturated heterocycles. The summed E-state index contributed by atoms with van der Waals surface area (Å²) in [5, 5.41) is 5.99. The highest BCUT2D eigenvalue weighted by molar-refractivity contribution is 9.10. The average Bonchev–Trinajstić information content (AvgIpc) is 2.43. The summed E-state index contributed by atoms with van der Waals surface area (Å²) in [5.41, 5.74) is 1.42. The van der Waals surface area contributed by atoms with E-state index in [0.29, 0.717) is 11.0 Å². The van der Waals surface area contributed by atoms with Gasteiger partial charge in [0.25, 0.3) is 5.91 Å². The van der Waals surface area contributed by atoms with Crippen LogP contribution < -0.4 is 10.6 Å². The van der Waals surface area contributed by atoms with Gasteiger partial charge >= 0.3 is 0 Å². The van der Waals surface area contributed by atoms with Crippen LogP contribution in [-0.4, -0.2) is 25.5 Å². The lowest BCUT2D eigenvalue weighted by Gasteiger charge is -2.14. The van der Waals surface area contributed by atoms with Crippen LogP contribution in [0.5, 0.6) is 0 Å². The van der Waals surface area contributed by atoms with Crippen molar-refractivity contribution in [1.29, 1.82) is 0 Å². The summed E-state index contributed by atoms with van der Waals surface area (Å²) in [6.45, 7) is 2.42. The maximum atomic E-state index is 13.7. The van der Waals surface area contributed by atoms with Crippen LogP contribution in [0.2, 0.25) is 0 Å². The van der Waals surface area contributed by atoms with Gasteiger partial charge in [0, 0.05) is 13.1 Å². The fraction of sp³-hybridized carbons (Fsp3) is 0.357. The lowest BCUT2D eigenvalue weighted by Crippen LogP contribution is -2.27. The highest BCUT2D eigenvalue weighted by Crippen LogP contribution is 2.18. The Balaban J connectivity index is 1.87. The van der Waals surface area contributed by atoms with Crippen molar-refractivity contribution in [2.45, 2.75) is 12.8 Å². The minimum Gasteiger partial charge on any atom is -0.352 e. The Kier molecular flexibility index (Phi) is 5.10. The first-order valence-corrected chi connectivity index (χ1v) is 7.08. The molecule has 0 aliphatic carbocycles. The van der Waals surface area contributed by atoms with E-state index in [4.69, 9.17) is 0 Å². The zero-order valence-corrected chi connectivity index (χ0v) is 12.1. The molecule has 1 aromatic rings. The first kappa shape index (κ1) is 14.2. The Labute approximate surface area is 120 Å². The molecule has 0 fully saturated rings. The van der Waals surface area contributed by atoms with Crippen LogP contribution in [0.15, 0.2) is 34.3 Å². The van der Waals surface area contributed by atoms with Gasteiger partial charge < -0.3 is 10.6 Å². The van der Waals surface area contributed by atoms with Crippen molar-refractivity contribution >= 4 is 21.8 Å². The second-order valence-corrected chi connectivity index (χ2v) is 5.28. The van der Waals surface area contributed by atoms with Crippen LogP contribution >= 0.6 is 15.9 Å². The molecule has 3 nitrogen and oxygen atoms in total. The standard InChI is InChI=1S/C14H16BrFN2O/c15-12-3-1-2-11(13(12)16)14(19)18-9-6-10-4-7-17-8-5-10/h1-4,17H,5-9H2,(H,18,19). The maximum absolute atomic E-state index is 13.7. The van der Waals surface area contributed by atoms with E-state index in [9.17, 15) is 9.18 Å². The first-order chi connectivity index (χ1) is 9.18. The molecule has 0 spiro atoms. The lowest BCUT2D eigenvalue weighted by molar-refractivity contribution is 0.0950. The molecule has 0 radical (unpaired) electrons. The summed E-state index contributed by atoms with van der Waals surface area (Å²) in [5.74, 6) is -0.880. The van der Waals surface area contributed by atoms with Crippen molar-refractivity contribution in [3.05, 3.63) is 45.7 Å². The molecule has 2 N–H and O–H groups in total. The molecule has 1 aromatic carbocycles. The highest BCUT2D eigenvalue weighted by Gasteiger charge is 2.13. The number of carbonyl (C=O) groups is 1. The second-order valence-electron chi connectivity index (χ2n) is 4.42. The van der Waals surface area contributed by atoms with E-state index in [0.717, 1.165) is 25.9 Å². The van der Waals surface area contributed by atoms with Gasteiger partial charge in [0.2, 0.25) is 0 Å². The number of benzene rings is 1. The van der Waals surface area contributed by atoms with Gasteiger partial charge in [0.1, 0.15) is 5.82 Å². The lowest BCUT2D eigenvalue weighted by atomic mass is 10.1. The number of halogens is 2. The van der Waals surface area contributed by atoms with Crippen LogP contribution in [0.3, 0.4) is 0 Å². The van der Waals surface area contributed by atoms with Gasteiger partial charge in [-0.25, -0.2) is 4.39 Å². The predicted molar refractivity (Wildman–Crippen MR) is 76.6 cm³/mol. The fourth-order valence-corrected chi connectivity index (χ4v) is 2.37. The van der Waals surface area contributed by atoms with Gasteiger partial charge in [0.05, 0.1) is 10.0 Å². The van der Waals surface area contributed by atoms with Crippen molar-refractivity contribution in [3.63, 3.8) is 0 Å². The normalized spacial score (nSPS) is 14.9. The van der Waals surface area contributed by atoms with Crippen LogP contribution in [0, 0.1) is 5.82 Å². The van der Waals surface area contributed by atoms with E-state index in [1.807, 2.05) is 0 Å². The van der Waals surface area contributed by atoms with E-state index in [2.05, 4.69) is 32.6 Å². The summed E-state index contributed by atoms with van der Waals surface area (Å²) in [7, 11) is 0. The van der Waals surface area contributed by atoms with Crippen molar-refractivity contribution in [2.75, 3.05) is 19.6 Å². The molecule has 19 heavy (non-hydrogen) atoms. The van der Waals surface area contributed by atoms with E-state index in [-0.39, 0.29) is 11.5 Å². The molecule has 102 valence electrons. The van der Waals surface area contributed by atoms with Crippen LogP contribution in [0.4, 0.5) is 4.39 Å². The van der Waals surface area contributed by atoms with Gasteiger partial charge in [-0.15, -0.1) is 0 Å². The van der Waals surface area contributed by atoms with Crippen molar-refractivity contribution in [3.8, 4) is 0 Å². The monoisotopic (exact) mass is 326 g/mol. The maximum Gasteiger partial charge on any atom is 0.254 e. The van der Waals surface area contributed by atoms with Crippen LogP contribution in [-0.2, 0) is 0 Å².